The van der Waals surface area contributed by atoms with Crippen LogP contribution in [-0.2, 0) is 5.41 Å². The molecule has 140 valence electrons. The Hall–Kier alpha value is -3.54. The van der Waals surface area contributed by atoms with Gasteiger partial charge in [0.1, 0.15) is 12.1 Å². The molecule has 6 heteroatoms. The van der Waals surface area contributed by atoms with Crippen LogP contribution in [-0.4, -0.2) is 25.0 Å². The van der Waals surface area contributed by atoms with Crippen molar-refractivity contribution in [2.24, 2.45) is 0 Å². The van der Waals surface area contributed by atoms with Gasteiger partial charge in [-0.15, -0.1) is 4.80 Å². The van der Waals surface area contributed by atoms with Gasteiger partial charge in [0.15, 0.2) is 5.82 Å². The Bertz CT molecular complexity index is 1060. The summed E-state index contributed by atoms with van der Waals surface area (Å²) in [5.74, 6) is 1.70. The summed E-state index contributed by atoms with van der Waals surface area (Å²) in [6.07, 6.45) is 4.62. The largest absolute Gasteiger partial charge is 0.439 e. The van der Waals surface area contributed by atoms with Crippen LogP contribution in [0.25, 0.3) is 5.82 Å². The highest BCUT2D eigenvalue weighted by atomic mass is 16.5. The van der Waals surface area contributed by atoms with Gasteiger partial charge >= 0.3 is 0 Å². The van der Waals surface area contributed by atoms with Crippen molar-refractivity contribution in [1.29, 1.82) is 0 Å². The zero-order chi connectivity index (χ0) is 19.6. The predicted octanol–water partition coefficient (Wildman–Crippen LogP) is 4.48. The zero-order valence-electron chi connectivity index (χ0n) is 16.1. The Kier molecular flexibility index (Phi) is 4.61. The Morgan fingerprint density at radius 2 is 1.43 bits per heavy atom. The van der Waals surface area contributed by atoms with E-state index in [0.717, 1.165) is 0 Å². The van der Waals surface area contributed by atoms with Gasteiger partial charge in [-0.25, -0.2) is 9.97 Å². The van der Waals surface area contributed by atoms with Crippen LogP contribution in [0.1, 0.15) is 30.5 Å². The summed E-state index contributed by atoms with van der Waals surface area (Å²) in [7, 11) is 0. The molecule has 0 N–H and O–H groups in total. The summed E-state index contributed by atoms with van der Waals surface area (Å²) in [5, 5.41) is 8.13. The third-order valence-electron chi connectivity index (χ3n) is 4.82. The second-order valence-corrected chi connectivity index (χ2v) is 7.15. The summed E-state index contributed by atoms with van der Waals surface area (Å²) in [4.78, 5) is 9.74. The molecular weight excluding hydrogens is 350 g/mol. The van der Waals surface area contributed by atoms with Gasteiger partial charge in [0.25, 0.3) is 0 Å². The minimum Gasteiger partial charge on any atom is -0.439 e. The molecule has 0 unspecified atom stereocenters. The minimum atomic E-state index is -0.0971. The van der Waals surface area contributed by atoms with E-state index in [9.17, 15) is 0 Å². The van der Waals surface area contributed by atoms with Crippen molar-refractivity contribution in [2.45, 2.75) is 26.2 Å². The number of hydrogen-bond donors (Lipinski definition) is 0. The van der Waals surface area contributed by atoms with Crippen molar-refractivity contribution in [3.8, 4) is 17.4 Å². The van der Waals surface area contributed by atoms with Gasteiger partial charge in [-0.05, 0) is 30.2 Å². The maximum Gasteiger partial charge on any atom is 0.224 e. The minimum absolute atomic E-state index is 0.0971. The molecule has 2 aromatic carbocycles. The van der Waals surface area contributed by atoms with Gasteiger partial charge in [0.2, 0.25) is 5.88 Å². The van der Waals surface area contributed by atoms with Gasteiger partial charge in [0.05, 0.1) is 12.4 Å². The third kappa shape index (κ3) is 3.62. The SMILES string of the molecule is Cc1ccc(C(C)(C)c2ccc(Oc3cc(-n4nccn4)ncn3)cc2)cc1. The number of hydrogen-bond acceptors (Lipinski definition) is 5. The first-order valence-corrected chi connectivity index (χ1v) is 9.07. The van der Waals surface area contributed by atoms with E-state index in [-0.39, 0.29) is 5.41 Å². The fourth-order valence-corrected chi connectivity index (χ4v) is 3.03. The van der Waals surface area contributed by atoms with Crippen LogP contribution < -0.4 is 4.74 Å². The number of aryl methyl sites for hydroxylation is 1. The van der Waals surface area contributed by atoms with Crippen LogP contribution >= 0.6 is 0 Å². The highest BCUT2D eigenvalue weighted by Gasteiger charge is 2.22. The first kappa shape index (κ1) is 17.9. The molecule has 0 aliphatic carbocycles. The summed E-state index contributed by atoms with van der Waals surface area (Å²) in [6.45, 7) is 6.55. The summed E-state index contributed by atoms with van der Waals surface area (Å²) in [5.41, 5.74) is 3.66. The van der Waals surface area contributed by atoms with E-state index in [4.69, 9.17) is 4.74 Å². The normalized spacial score (nSPS) is 11.4. The summed E-state index contributed by atoms with van der Waals surface area (Å²) in [6, 6.07) is 18.5. The fourth-order valence-electron chi connectivity index (χ4n) is 3.03. The lowest BCUT2D eigenvalue weighted by Gasteiger charge is -2.26. The lowest BCUT2D eigenvalue weighted by molar-refractivity contribution is 0.459. The summed E-state index contributed by atoms with van der Waals surface area (Å²) < 4.78 is 5.89. The van der Waals surface area contributed by atoms with E-state index >= 15 is 0 Å². The molecule has 0 aliphatic rings. The maximum absolute atomic E-state index is 5.89. The molecule has 6 nitrogen and oxygen atoms in total. The Balaban J connectivity index is 1.54. The zero-order valence-corrected chi connectivity index (χ0v) is 16.1. The monoisotopic (exact) mass is 371 g/mol. The van der Waals surface area contributed by atoms with Gasteiger partial charge < -0.3 is 4.74 Å². The van der Waals surface area contributed by atoms with E-state index in [1.54, 1.807) is 18.5 Å². The molecule has 0 amide bonds. The fraction of sp³-hybridized carbons (Fsp3) is 0.182. The van der Waals surface area contributed by atoms with Crippen LogP contribution in [0.4, 0.5) is 0 Å². The smallest absolute Gasteiger partial charge is 0.224 e. The molecule has 0 fully saturated rings. The third-order valence-corrected chi connectivity index (χ3v) is 4.82. The number of aromatic nitrogens is 5. The van der Waals surface area contributed by atoms with Crippen LogP contribution in [0.2, 0.25) is 0 Å². The van der Waals surface area contributed by atoms with Crippen molar-refractivity contribution in [2.75, 3.05) is 0 Å². The van der Waals surface area contributed by atoms with E-state index in [2.05, 4.69) is 77.3 Å². The van der Waals surface area contributed by atoms with Gasteiger partial charge in [0, 0.05) is 11.5 Å². The van der Waals surface area contributed by atoms with E-state index < -0.39 is 0 Å². The quantitative estimate of drug-likeness (QED) is 0.517. The number of ether oxygens (including phenoxy) is 1. The van der Waals surface area contributed by atoms with E-state index in [0.29, 0.717) is 17.4 Å². The van der Waals surface area contributed by atoms with Crippen LogP contribution in [0, 0.1) is 6.92 Å². The topological polar surface area (TPSA) is 65.7 Å². The molecule has 0 atom stereocenters. The van der Waals surface area contributed by atoms with E-state index in [1.165, 1.54) is 27.8 Å². The van der Waals surface area contributed by atoms with Gasteiger partial charge in [-0.2, -0.15) is 10.2 Å². The van der Waals surface area contributed by atoms with E-state index in [1.807, 2.05) is 12.1 Å². The highest BCUT2D eigenvalue weighted by Crippen LogP contribution is 2.33. The number of benzene rings is 2. The average Bonchev–Trinajstić information content (AvgIpc) is 3.24. The Labute approximate surface area is 163 Å². The standard InChI is InChI=1S/C22H21N5O/c1-16-4-6-17(7-5-16)22(2,3)18-8-10-19(11-9-18)28-21-14-20(23-15-24-21)27-25-12-13-26-27/h4-15H,1-3H3. The van der Waals surface area contributed by atoms with Crippen LogP contribution in [0.5, 0.6) is 11.6 Å². The molecule has 28 heavy (non-hydrogen) atoms. The lowest BCUT2D eigenvalue weighted by atomic mass is 9.78. The molecule has 2 heterocycles. The van der Waals surface area contributed by atoms with Crippen molar-refractivity contribution < 1.29 is 4.74 Å². The Morgan fingerprint density at radius 1 is 0.821 bits per heavy atom. The van der Waals surface area contributed by atoms with Gasteiger partial charge in [-0.1, -0.05) is 55.8 Å². The van der Waals surface area contributed by atoms with Gasteiger partial charge in [-0.3, -0.25) is 0 Å². The molecule has 0 saturated carbocycles. The maximum atomic E-state index is 5.89. The molecular formula is C22H21N5O. The highest BCUT2D eigenvalue weighted by molar-refractivity contribution is 5.41. The second-order valence-electron chi connectivity index (χ2n) is 7.15. The number of rotatable bonds is 5. The molecule has 0 aliphatic heterocycles. The van der Waals surface area contributed by atoms with Crippen molar-refractivity contribution >= 4 is 0 Å². The molecule has 0 spiro atoms. The number of nitrogens with zero attached hydrogens (tertiary/aromatic N) is 5. The van der Waals surface area contributed by atoms with Crippen molar-refractivity contribution in [3.05, 3.63) is 90.0 Å². The summed E-state index contributed by atoms with van der Waals surface area (Å²) >= 11 is 0. The van der Waals surface area contributed by atoms with Crippen molar-refractivity contribution in [1.82, 2.24) is 25.0 Å². The molecule has 0 radical (unpaired) electrons. The average molecular weight is 371 g/mol. The molecule has 4 rings (SSSR count). The predicted molar refractivity (Wildman–Crippen MR) is 107 cm³/mol. The molecule has 2 aromatic heterocycles. The second kappa shape index (κ2) is 7.23. The molecule has 0 bridgehead atoms. The first-order valence-electron chi connectivity index (χ1n) is 9.07. The van der Waals surface area contributed by atoms with Crippen molar-refractivity contribution in [3.63, 3.8) is 0 Å². The molecule has 0 saturated heterocycles. The first-order chi connectivity index (χ1) is 13.5. The Morgan fingerprint density at radius 3 is 2.07 bits per heavy atom. The lowest BCUT2D eigenvalue weighted by Crippen LogP contribution is -2.18. The van der Waals surface area contributed by atoms with Crippen LogP contribution in [0.15, 0.2) is 73.3 Å². The van der Waals surface area contributed by atoms with Crippen LogP contribution in [0.3, 0.4) is 0 Å². The molecule has 4 aromatic rings.